The van der Waals surface area contributed by atoms with E-state index >= 15 is 0 Å². The highest BCUT2D eigenvalue weighted by molar-refractivity contribution is 5.79. The van der Waals surface area contributed by atoms with E-state index in [0.29, 0.717) is 49.3 Å². The number of halogens is 3. The summed E-state index contributed by atoms with van der Waals surface area (Å²) in [6.45, 7) is 1.99. The summed E-state index contributed by atoms with van der Waals surface area (Å²) >= 11 is 0. The van der Waals surface area contributed by atoms with Gasteiger partial charge in [-0.2, -0.15) is 10.2 Å². The van der Waals surface area contributed by atoms with Gasteiger partial charge in [-0.15, -0.1) is 0 Å². The maximum atomic E-state index is 14.3. The lowest BCUT2D eigenvalue weighted by atomic mass is 10.0. The second-order valence-corrected chi connectivity index (χ2v) is 8.00. The second kappa shape index (κ2) is 8.61. The average Bonchev–Trinajstić information content (AvgIpc) is 3.51. The number of carbonyl (C=O) groups excluding carboxylic acids is 1. The zero-order chi connectivity index (χ0) is 22.9. The molecule has 3 heterocycles. The van der Waals surface area contributed by atoms with Crippen LogP contribution < -0.4 is 4.90 Å². The van der Waals surface area contributed by atoms with Crippen LogP contribution in [0.1, 0.15) is 18.0 Å². The van der Waals surface area contributed by atoms with Crippen molar-refractivity contribution in [3.63, 3.8) is 0 Å². The molecule has 1 N–H and O–H groups in total. The molecule has 7 nitrogen and oxygen atoms in total. The van der Waals surface area contributed by atoms with E-state index in [1.54, 1.807) is 35.6 Å². The molecule has 2 aliphatic rings. The molecule has 2 aliphatic heterocycles. The molecule has 2 amide bonds. The Balaban J connectivity index is 1.27. The zero-order valence-electron chi connectivity index (χ0n) is 17.6. The fourth-order valence-electron chi connectivity index (χ4n) is 4.27. The number of carbonyl (C=O) groups is 1. The minimum Gasteiger partial charge on any atom is -0.368 e. The van der Waals surface area contributed by atoms with Crippen LogP contribution in [0.15, 0.2) is 53.9 Å². The van der Waals surface area contributed by atoms with Gasteiger partial charge in [0.2, 0.25) is 0 Å². The van der Waals surface area contributed by atoms with Crippen molar-refractivity contribution in [1.82, 2.24) is 20.1 Å². The van der Waals surface area contributed by atoms with Crippen LogP contribution in [0.4, 0.5) is 23.7 Å². The number of rotatable bonds is 3. The van der Waals surface area contributed by atoms with E-state index in [0.717, 1.165) is 11.8 Å². The van der Waals surface area contributed by atoms with Crippen LogP contribution in [0.2, 0.25) is 0 Å². The molecule has 1 atom stereocenters. The Morgan fingerprint density at radius 3 is 2.45 bits per heavy atom. The molecule has 0 saturated carbocycles. The Bertz CT molecular complexity index is 1170. The Kier molecular flexibility index (Phi) is 5.49. The smallest absolute Gasteiger partial charge is 0.341 e. The number of amides is 2. The van der Waals surface area contributed by atoms with E-state index in [4.69, 9.17) is 0 Å². The summed E-state index contributed by atoms with van der Waals surface area (Å²) in [5.74, 6) is -1.71. The normalized spacial score (nSPS) is 18.3. The lowest BCUT2D eigenvalue weighted by molar-refractivity contribution is 0.139. The largest absolute Gasteiger partial charge is 0.368 e. The van der Waals surface area contributed by atoms with Crippen molar-refractivity contribution in [2.75, 3.05) is 31.1 Å². The highest BCUT2D eigenvalue weighted by atomic mass is 19.1. The van der Waals surface area contributed by atoms with Gasteiger partial charge in [-0.05, 0) is 35.9 Å². The first-order valence-corrected chi connectivity index (χ1v) is 10.6. The number of anilines is 1. The number of aromatic amines is 1. The van der Waals surface area contributed by atoms with Crippen molar-refractivity contribution >= 4 is 17.9 Å². The zero-order valence-corrected chi connectivity index (χ0v) is 17.6. The van der Waals surface area contributed by atoms with Crippen LogP contribution in [0.3, 0.4) is 0 Å². The minimum absolute atomic E-state index is 0.309. The van der Waals surface area contributed by atoms with E-state index in [1.807, 2.05) is 0 Å². The fraction of sp³-hybridized carbons (Fsp3) is 0.261. The Morgan fingerprint density at radius 1 is 1.00 bits per heavy atom. The number of hydrogen-bond acceptors (Lipinski definition) is 4. The molecule has 33 heavy (non-hydrogen) atoms. The third-order valence-corrected chi connectivity index (χ3v) is 5.97. The van der Waals surface area contributed by atoms with Gasteiger partial charge in [-0.3, -0.25) is 5.10 Å². The SMILES string of the molecule is O=C(N1CCN(c2ccc(F)c(-c3cn[nH]c3)c2)CC1)N1N=CC[C@H]1c1cc(F)cc(F)c1. The summed E-state index contributed by atoms with van der Waals surface area (Å²) in [5, 5.41) is 12.0. The molecule has 0 spiro atoms. The van der Waals surface area contributed by atoms with Crippen LogP contribution in [-0.4, -0.2) is 58.5 Å². The second-order valence-electron chi connectivity index (χ2n) is 8.00. The van der Waals surface area contributed by atoms with Crippen LogP contribution in [0, 0.1) is 17.5 Å². The number of hydrogen-bond donors (Lipinski definition) is 1. The molecule has 0 bridgehead atoms. The fourth-order valence-corrected chi connectivity index (χ4v) is 4.27. The minimum atomic E-state index is -0.688. The molecular formula is C23H21F3N6O. The standard InChI is InChI=1S/C23H21F3N6O/c24-17-9-15(10-18(25)11-17)22-3-4-29-32(22)23(33)31-7-5-30(6-8-31)19-1-2-21(26)20(12-19)16-13-27-28-14-16/h1-2,4,9-14,22H,3,5-8H2,(H,27,28)/t22-/m0/s1. The number of benzene rings is 2. The summed E-state index contributed by atoms with van der Waals surface area (Å²) < 4.78 is 41.7. The first kappa shape index (κ1) is 21.0. The maximum Gasteiger partial charge on any atom is 0.341 e. The average molecular weight is 454 g/mol. The van der Waals surface area contributed by atoms with Crippen molar-refractivity contribution in [2.45, 2.75) is 12.5 Å². The van der Waals surface area contributed by atoms with Gasteiger partial charge in [0.05, 0.1) is 12.2 Å². The van der Waals surface area contributed by atoms with E-state index in [1.165, 1.54) is 23.2 Å². The number of aromatic nitrogens is 2. The molecule has 0 unspecified atom stereocenters. The Hall–Kier alpha value is -3.82. The summed E-state index contributed by atoms with van der Waals surface area (Å²) in [6, 6.07) is 7.33. The molecule has 0 aliphatic carbocycles. The number of H-pyrrole nitrogens is 1. The van der Waals surface area contributed by atoms with Gasteiger partial charge in [0.1, 0.15) is 17.5 Å². The van der Waals surface area contributed by atoms with Gasteiger partial charge >= 0.3 is 6.03 Å². The molecular weight excluding hydrogens is 433 g/mol. The topological polar surface area (TPSA) is 67.8 Å². The monoisotopic (exact) mass is 454 g/mol. The third-order valence-electron chi connectivity index (χ3n) is 5.97. The van der Waals surface area contributed by atoms with E-state index in [2.05, 4.69) is 20.2 Å². The summed E-state index contributed by atoms with van der Waals surface area (Å²) in [7, 11) is 0. The predicted molar refractivity (Wildman–Crippen MR) is 117 cm³/mol. The molecule has 170 valence electrons. The third kappa shape index (κ3) is 4.15. The molecule has 10 heteroatoms. The van der Waals surface area contributed by atoms with Crippen molar-refractivity contribution < 1.29 is 18.0 Å². The lowest BCUT2D eigenvalue weighted by Gasteiger charge is -2.38. The van der Waals surface area contributed by atoms with Gasteiger partial charge in [0, 0.05) is 67.9 Å². The predicted octanol–water partition coefficient (Wildman–Crippen LogP) is 4.17. The molecule has 2 aromatic carbocycles. The highest BCUT2D eigenvalue weighted by Gasteiger charge is 2.33. The van der Waals surface area contributed by atoms with Crippen LogP contribution in [-0.2, 0) is 0 Å². The molecule has 1 fully saturated rings. The lowest BCUT2D eigenvalue weighted by Crippen LogP contribution is -2.52. The molecule has 1 saturated heterocycles. The van der Waals surface area contributed by atoms with Gasteiger partial charge in [0.15, 0.2) is 0 Å². The van der Waals surface area contributed by atoms with Gasteiger partial charge in [0.25, 0.3) is 0 Å². The summed E-state index contributed by atoms with van der Waals surface area (Å²) in [6.07, 6.45) is 5.17. The summed E-state index contributed by atoms with van der Waals surface area (Å²) in [4.78, 5) is 16.9. The summed E-state index contributed by atoms with van der Waals surface area (Å²) in [5.41, 5.74) is 2.34. The quantitative estimate of drug-likeness (QED) is 0.646. The Labute approximate surface area is 188 Å². The highest BCUT2D eigenvalue weighted by Crippen LogP contribution is 2.31. The van der Waals surface area contributed by atoms with Crippen molar-refractivity contribution in [2.24, 2.45) is 5.10 Å². The van der Waals surface area contributed by atoms with E-state index in [-0.39, 0.29) is 11.8 Å². The first-order valence-electron chi connectivity index (χ1n) is 10.6. The number of urea groups is 1. The number of nitrogens with one attached hydrogen (secondary N) is 1. The van der Waals surface area contributed by atoms with Crippen molar-refractivity contribution in [3.05, 3.63) is 71.8 Å². The van der Waals surface area contributed by atoms with E-state index in [9.17, 15) is 18.0 Å². The van der Waals surface area contributed by atoms with Crippen LogP contribution >= 0.6 is 0 Å². The number of piperazine rings is 1. The van der Waals surface area contributed by atoms with Gasteiger partial charge < -0.3 is 9.80 Å². The van der Waals surface area contributed by atoms with E-state index < -0.39 is 17.7 Å². The van der Waals surface area contributed by atoms with Crippen LogP contribution in [0.25, 0.3) is 11.1 Å². The van der Waals surface area contributed by atoms with Gasteiger partial charge in [-0.25, -0.2) is 23.0 Å². The first-order chi connectivity index (χ1) is 16.0. The van der Waals surface area contributed by atoms with Crippen molar-refractivity contribution in [3.8, 4) is 11.1 Å². The molecule has 1 aromatic heterocycles. The maximum absolute atomic E-state index is 14.3. The molecule has 0 radical (unpaired) electrons. The number of nitrogens with zero attached hydrogens (tertiary/aromatic N) is 5. The number of hydrazone groups is 1. The van der Waals surface area contributed by atoms with Crippen molar-refractivity contribution in [1.29, 1.82) is 0 Å². The van der Waals surface area contributed by atoms with Gasteiger partial charge in [-0.1, -0.05) is 0 Å². The van der Waals surface area contributed by atoms with Crippen LogP contribution in [0.5, 0.6) is 0 Å². The molecule has 3 aromatic rings. The Morgan fingerprint density at radius 2 is 1.76 bits per heavy atom. The molecule has 5 rings (SSSR count).